The van der Waals surface area contributed by atoms with Gasteiger partial charge in [-0.2, -0.15) is 0 Å². The summed E-state index contributed by atoms with van der Waals surface area (Å²) in [4.78, 5) is 23.0. The molecule has 0 spiro atoms. The summed E-state index contributed by atoms with van der Waals surface area (Å²) in [5.41, 5.74) is 3.87. The van der Waals surface area contributed by atoms with E-state index in [-0.39, 0.29) is 5.91 Å². The van der Waals surface area contributed by atoms with Crippen LogP contribution in [-0.4, -0.2) is 20.4 Å². The molecular weight excluding hydrogens is 378 g/mol. The highest BCUT2D eigenvalue weighted by molar-refractivity contribution is 7.11. The first kappa shape index (κ1) is 17.8. The van der Waals surface area contributed by atoms with Gasteiger partial charge in [0.2, 0.25) is 5.91 Å². The minimum Gasteiger partial charge on any atom is -0.274 e. The summed E-state index contributed by atoms with van der Waals surface area (Å²) in [6.07, 6.45) is 2.72. The number of hydrogen-bond donors (Lipinski definition) is 0. The quantitative estimate of drug-likeness (QED) is 0.406. The molecule has 5 aromatic rings. The first-order valence-corrected chi connectivity index (χ1v) is 10.4. The van der Waals surface area contributed by atoms with Gasteiger partial charge in [0.15, 0.2) is 0 Å². The summed E-state index contributed by atoms with van der Waals surface area (Å²) in [6.45, 7) is 1.98. The molecule has 3 aromatic carbocycles. The average molecular weight is 398 g/mol. The molecule has 0 aliphatic carbocycles. The lowest BCUT2D eigenvalue weighted by Gasteiger charge is -2.04. The van der Waals surface area contributed by atoms with Crippen molar-refractivity contribution in [3.05, 3.63) is 94.2 Å². The molecule has 0 radical (unpaired) electrons. The molecule has 0 unspecified atom stereocenters. The topological polar surface area (TPSA) is 47.8 Å². The molecule has 0 N–H and O–H groups in total. The second kappa shape index (κ2) is 7.26. The van der Waals surface area contributed by atoms with Gasteiger partial charge in [0, 0.05) is 11.3 Å². The highest BCUT2D eigenvalue weighted by Gasteiger charge is 2.16. The third kappa shape index (κ3) is 3.34. The maximum Gasteiger partial charge on any atom is 0.237 e. The molecule has 0 saturated heterocycles. The number of carbonyl (C=O) groups is 1. The molecule has 5 heteroatoms. The van der Waals surface area contributed by atoms with E-state index in [1.165, 1.54) is 16.3 Å². The lowest BCUT2D eigenvalue weighted by molar-refractivity contribution is 0.0919. The number of aromatic nitrogens is 3. The van der Waals surface area contributed by atoms with E-state index in [0.29, 0.717) is 6.42 Å². The van der Waals surface area contributed by atoms with E-state index in [4.69, 9.17) is 4.98 Å². The van der Waals surface area contributed by atoms with Crippen LogP contribution in [0.5, 0.6) is 0 Å². The van der Waals surface area contributed by atoms with Crippen molar-refractivity contribution in [3.8, 4) is 0 Å². The standard InChI is InChI=1S/C24H19N3OS/c1-16-22(14-24(28)27-15-25-20-11-4-5-12-21(20)27)29-23(26-16)13-18-9-6-8-17-7-2-3-10-19(17)18/h2-12,15H,13-14H2,1H3. The van der Waals surface area contributed by atoms with Gasteiger partial charge in [0.05, 0.1) is 28.2 Å². The summed E-state index contributed by atoms with van der Waals surface area (Å²) < 4.78 is 1.64. The Balaban J connectivity index is 1.41. The number of carbonyl (C=O) groups excluding carboxylic acids is 1. The maximum absolute atomic E-state index is 12.9. The van der Waals surface area contributed by atoms with Gasteiger partial charge < -0.3 is 0 Å². The molecular formula is C24H19N3OS. The Labute approximate surface area is 172 Å². The SMILES string of the molecule is Cc1nc(Cc2cccc3ccccc23)sc1CC(=O)n1cnc2ccccc21. The second-order valence-corrected chi connectivity index (χ2v) is 8.27. The molecule has 0 bridgehead atoms. The molecule has 142 valence electrons. The predicted octanol–water partition coefficient (Wildman–Crippen LogP) is 5.43. The van der Waals surface area contributed by atoms with Crippen LogP contribution in [-0.2, 0) is 12.8 Å². The number of nitrogens with zero attached hydrogens (tertiary/aromatic N) is 3. The Morgan fingerprint density at radius 3 is 2.72 bits per heavy atom. The van der Waals surface area contributed by atoms with Gasteiger partial charge >= 0.3 is 0 Å². The fourth-order valence-electron chi connectivity index (χ4n) is 3.72. The zero-order chi connectivity index (χ0) is 19.8. The number of thiazole rings is 1. The lowest BCUT2D eigenvalue weighted by Crippen LogP contribution is -2.12. The smallest absolute Gasteiger partial charge is 0.237 e. The minimum atomic E-state index is 0.0159. The number of rotatable bonds is 4. The summed E-state index contributed by atoms with van der Waals surface area (Å²) in [6, 6.07) is 22.5. The van der Waals surface area contributed by atoms with Crippen LogP contribution < -0.4 is 0 Å². The molecule has 2 aromatic heterocycles. The third-order valence-corrected chi connectivity index (χ3v) is 6.35. The van der Waals surface area contributed by atoms with Crippen LogP contribution in [0.25, 0.3) is 21.8 Å². The highest BCUT2D eigenvalue weighted by atomic mass is 32.1. The molecule has 0 atom stereocenters. The number of para-hydroxylation sites is 2. The van der Waals surface area contributed by atoms with E-state index in [9.17, 15) is 4.79 Å². The molecule has 2 heterocycles. The Kier molecular flexibility index (Phi) is 4.45. The molecule has 29 heavy (non-hydrogen) atoms. The maximum atomic E-state index is 12.9. The van der Waals surface area contributed by atoms with Crippen LogP contribution in [0.4, 0.5) is 0 Å². The summed E-state index contributed by atoms with van der Waals surface area (Å²) >= 11 is 1.63. The van der Waals surface area contributed by atoms with Crippen molar-refractivity contribution in [1.82, 2.24) is 14.5 Å². The lowest BCUT2D eigenvalue weighted by atomic mass is 10.0. The first-order chi connectivity index (χ1) is 14.2. The van der Waals surface area contributed by atoms with E-state index < -0.39 is 0 Å². The zero-order valence-electron chi connectivity index (χ0n) is 16.0. The van der Waals surface area contributed by atoms with Crippen LogP contribution in [0.15, 0.2) is 73.1 Å². The van der Waals surface area contributed by atoms with Crippen molar-refractivity contribution < 1.29 is 4.79 Å². The van der Waals surface area contributed by atoms with Crippen molar-refractivity contribution in [2.45, 2.75) is 19.8 Å². The van der Waals surface area contributed by atoms with Crippen LogP contribution >= 0.6 is 11.3 Å². The van der Waals surface area contributed by atoms with Gasteiger partial charge in [-0.05, 0) is 35.4 Å². The van der Waals surface area contributed by atoms with Gasteiger partial charge in [-0.1, -0.05) is 54.6 Å². The molecule has 5 rings (SSSR count). The second-order valence-electron chi connectivity index (χ2n) is 7.11. The zero-order valence-corrected chi connectivity index (χ0v) is 16.8. The van der Waals surface area contributed by atoms with E-state index in [1.807, 2.05) is 31.2 Å². The van der Waals surface area contributed by atoms with Gasteiger partial charge in [-0.3, -0.25) is 9.36 Å². The Hall–Kier alpha value is -3.31. The molecule has 4 nitrogen and oxygen atoms in total. The number of aryl methyl sites for hydroxylation is 1. The van der Waals surface area contributed by atoms with E-state index in [0.717, 1.165) is 33.0 Å². The molecule has 0 saturated carbocycles. The van der Waals surface area contributed by atoms with Crippen LogP contribution in [0, 0.1) is 6.92 Å². The minimum absolute atomic E-state index is 0.0159. The van der Waals surface area contributed by atoms with Crippen LogP contribution in [0.1, 0.15) is 25.9 Å². The Morgan fingerprint density at radius 1 is 1.00 bits per heavy atom. The van der Waals surface area contributed by atoms with Crippen molar-refractivity contribution in [1.29, 1.82) is 0 Å². The molecule has 0 aliphatic heterocycles. The van der Waals surface area contributed by atoms with Gasteiger partial charge in [-0.25, -0.2) is 9.97 Å². The van der Waals surface area contributed by atoms with Gasteiger partial charge in [0.1, 0.15) is 6.33 Å². The summed E-state index contributed by atoms with van der Waals surface area (Å²) in [5.74, 6) is 0.0159. The molecule has 0 fully saturated rings. The fraction of sp³-hybridized carbons (Fsp3) is 0.125. The predicted molar refractivity (Wildman–Crippen MR) is 118 cm³/mol. The first-order valence-electron chi connectivity index (χ1n) is 9.56. The van der Waals surface area contributed by atoms with Crippen LogP contribution in [0.2, 0.25) is 0 Å². The highest BCUT2D eigenvalue weighted by Crippen LogP contribution is 2.26. The molecule has 0 aliphatic rings. The van der Waals surface area contributed by atoms with Crippen molar-refractivity contribution >= 4 is 39.0 Å². The van der Waals surface area contributed by atoms with E-state index in [2.05, 4.69) is 47.4 Å². The van der Waals surface area contributed by atoms with Gasteiger partial charge in [0.25, 0.3) is 0 Å². The monoisotopic (exact) mass is 397 g/mol. The largest absolute Gasteiger partial charge is 0.274 e. The number of hydrogen-bond acceptors (Lipinski definition) is 4. The van der Waals surface area contributed by atoms with E-state index >= 15 is 0 Å². The van der Waals surface area contributed by atoms with Crippen LogP contribution in [0.3, 0.4) is 0 Å². The Morgan fingerprint density at radius 2 is 1.79 bits per heavy atom. The fourth-order valence-corrected chi connectivity index (χ4v) is 4.80. The third-order valence-electron chi connectivity index (χ3n) is 5.19. The number of benzene rings is 3. The number of imidazole rings is 1. The van der Waals surface area contributed by atoms with Crippen molar-refractivity contribution in [2.24, 2.45) is 0 Å². The van der Waals surface area contributed by atoms with Gasteiger partial charge in [-0.15, -0.1) is 11.3 Å². The van der Waals surface area contributed by atoms with Crippen molar-refractivity contribution in [2.75, 3.05) is 0 Å². The Bertz CT molecular complexity index is 1340. The summed E-state index contributed by atoms with van der Waals surface area (Å²) in [7, 11) is 0. The summed E-state index contributed by atoms with van der Waals surface area (Å²) in [5, 5.41) is 3.53. The normalized spacial score (nSPS) is 11.3. The molecule has 0 amide bonds. The van der Waals surface area contributed by atoms with E-state index in [1.54, 1.807) is 22.2 Å². The number of fused-ring (bicyclic) bond motifs is 2. The van der Waals surface area contributed by atoms with Crippen molar-refractivity contribution in [3.63, 3.8) is 0 Å². The average Bonchev–Trinajstić information content (AvgIpc) is 3.32.